The molecule has 1 atom stereocenters. The highest BCUT2D eigenvalue weighted by atomic mass is 16.5. The Hall–Kier alpha value is -4.67. The van der Waals surface area contributed by atoms with Crippen molar-refractivity contribution >= 4 is 23.6 Å². The van der Waals surface area contributed by atoms with Crippen LogP contribution in [0.2, 0.25) is 0 Å². The molecule has 1 unspecified atom stereocenters. The standard InChI is InChI=1S/C24H20N6O5/c1-29(18-12-21(32)30(24(18)34)17-8-9-19(31)26-23(17)33)13-20-27-22(28-35-20)15-6-4-5-14(11-15)16-7-2-3-10-25-16/h2-7,10-12,17H,8-9,13H2,1H3,(H,26,31,33). The van der Waals surface area contributed by atoms with Crippen LogP contribution in [0, 0.1) is 0 Å². The number of hydrogen-bond donors (Lipinski definition) is 1. The van der Waals surface area contributed by atoms with Crippen LogP contribution in [0.3, 0.4) is 0 Å². The summed E-state index contributed by atoms with van der Waals surface area (Å²) in [5.74, 6) is -1.69. The zero-order valence-corrected chi connectivity index (χ0v) is 18.7. The van der Waals surface area contributed by atoms with Gasteiger partial charge in [0.1, 0.15) is 11.7 Å². The van der Waals surface area contributed by atoms with Gasteiger partial charge in [-0.05, 0) is 24.6 Å². The number of piperidine rings is 1. The van der Waals surface area contributed by atoms with Crippen LogP contribution in [-0.4, -0.2) is 61.6 Å². The Kier molecular flexibility index (Phi) is 5.65. The normalized spacial score (nSPS) is 18.0. The molecule has 11 nitrogen and oxygen atoms in total. The molecule has 2 aromatic heterocycles. The fourth-order valence-electron chi connectivity index (χ4n) is 4.04. The van der Waals surface area contributed by atoms with Gasteiger partial charge in [-0.15, -0.1) is 0 Å². The Balaban J connectivity index is 1.29. The maximum Gasteiger partial charge on any atom is 0.277 e. The number of carbonyl (C=O) groups is 4. The number of amides is 4. The van der Waals surface area contributed by atoms with Gasteiger partial charge in [-0.3, -0.25) is 34.4 Å². The predicted molar refractivity (Wildman–Crippen MR) is 121 cm³/mol. The van der Waals surface area contributed by atoms with Gasteiger partial charge in [0.05, 0.1) is 12.2 Å². The number of imide groups is 2. The van der Waals surface area contributed by atoms with E-state index in [1.807, 2.05) is 42.5 Å². The highest BCUT2D eigenvalue weighted by Crippen LogP contribution is 2.26. The van der Waals surface area contributed by atoms with Gasteiger partial charge in [0.25, 0.3) is 11.8 Å². The van der Waals surface area contributed by atoms with Gasteiger partial charge < -0.3 is 9.42 Å². The number of benzene rings is 1. The third-order valence-corrected chi connectivity index (χ3v) is 5.79. The first-order valence-corrected chi connectivity index (χ1v) is 10.9. The summed E-state index contributed by atoms with van der Waals surface area (Å²) in [6.45, 7) is 0.0704. The van der Waals surface area contributed by atoms with Crippen LogP contribution in [0.4, 0.5) is 0 Å². The van der Waals surface area contributed by atoms with Gasteiger partial charge in [0.15, 0.2) is 0 Å². The summed E-state index contributed by atoms with van der Waals surface area (Å²) >= 11 is 0. The number of likely N-dealkylation sites (N-methyl/N-ethyl adjacent to an activating group) is 1. The number of hydrogen-bond acceptors (Lipinski definition) is 9. The molecule has 176 valence electrons. The summed E-state index contributed by atoms with van der Waals surface area (Å²) in [7, 11) is 1.61. The molecule has 0 aliphatic carbocycles. The van der Waals surface area contributed by atoms with Crippen LogP contribution in [0.25, 0.3) is 22.6 Å². The minimum Gasteiger partial charge on any atom is -0.361 e. The number of pyridine rings is 1. The van der Waals surface area contributed by atoms with Crippen molar-refractivity contribution in [3.63, 3.8) is 0 Å². The molecule has 3 aromatic rings. The lowest BCUT2D eigenvalue weighted by Crippen LogP contribution is -2.54. The minimum absolute atomic E-state index is 0.0605. The molecule has 2 aliphatic heterocycles. The molecule has 1 N–H and O–H groups in total. The van der Waals surface area contributed by atoms with E-state index in [0.29, 0.717) is 5.82 Å². The van der Waals surface area contributed by atoms with E-state index in [1.54, 1.807) is 13.2 Å². The van der Waals surface area contributed by atoms with Crippen LogP contribution >= 0.6 is 0 Å². The monoisotopic (exact) mass is 472 g/mol. The molecule has 0 spiro atoms. The number of rotatable bonds is 6. The van der Waals surface area contributed by atoms with Crippen molar-refractivity contribution in [2.24, 2.45) is 0 Å². The van der Waals surface area contributed by atoms with Crippen LogP contribution < -0.4 is 5.32 Å². The fourth-order valence-corrected chi connectivity index (χ4v) is 4.04. The Morgan fingerprint density at radius 3 is 2.71 bits per heavy atom. The van der Waals surface area contributed by atoms with E-state index in [1.165, 1.54) is 11.0 Å². The molecule has 1 saturated heterocycles. The van der Waals surface area contributed by atoms with Crippen molar-refractivity contribution in [1.29, 1.82) is 0 Å². The molecule has 4 heterocycles. The molecule has 0 saturated carbocycles. The molecule has 2 aliphatic rings. The largest absolute Gasteiger partial charge is 0.361 e. The Morgan fingerprint density at radius 2 is 1.94 bits per heavy atom. The van der Waals surface area contributed by atoms with Gasteiger partial charge in [0, 0.05) is 36.9 Å². The third kappa shape index (κ3) is 4.31. The van der Waals surface area contributed by atoms with Crippen molar-refractivity contribution in [2.75, 3.05) is 7.05 Å². The van der Waals surface area contributed by atoms with Crippen LogP contribution in [0.15, 0.2) is 65.0 Å². The smallest absolute Gasteiger partial charge is 0.277 e. The number of nitrogens with zero attached hydrogens (tertiary/aromatic N) is 5. The lowest BCUT2D eigenvalue weighted by atomic mass is 10.0. The maximum atomic E-state index is 12.9. The van der Waals surface area contributed by atoms with E-state index < -0.39 is 29.7 Å². The van der Waals surface area contributed by atoms with E-state index in [2.05, 4.69) is 20.4 Å². The quantitative estimate of drug-likeness (QED) is 0.526. The number of carbonyl (C=O) groups excluding carboxylic acids is 4. The zero-order valence-electron chi connectivity index (χ0n) is 18.7. The second-order valence-electron chi connectivity index (χ2n) is 8.17. The predicted octanol–water partition coefficient (Wildman–Crippen LogP) is 1.29. The van der Waals surface area contributed by atoms with E-state index in [4.69, 9.17) is 4.52 Å². The molecule has 1 aromatic carbocycles. The number of nitrogens with one attached hydrogen (secondary N) is 1. The topological polar surface area (TPSA) is 139 Å². The first kappa shape index (κ1) is 22.1. The fraction of sp³-hybridized carbons (Fsp3) is 0.208. The van der Waals surface area contributed by atoms with Crippen molar-refractivity contribution in [3.05, 3.63) is 66.3 Å². The average Bonchev–Trinajstić information content (AvgIpc) is 3.44. The van der Waals surface area contributed by atoms with Gasteiger partial charge in [-0.25, -0.2) is 0 Å². The Labute approximate surface area is 199 Å². The molecular weight excluding hydrogens is 452 g/mol. The molecular formula is C24H20N6O5. The van der Waals surface area contributed by atoms with Crippen molar-refractivity contribution < 1.29 is 23.7 Å². The molecule has 11 heteroatoms. The van der Waals surface area contributed by atoms with Gasteiger partial charge in [-0.1, -0.05) is 29.4 Å². The van der Waals surface area contributed by atoms with Crippen molar-refractivity contribution in [3.8, 4) is 22.6 Å². The lowest BCUT2D eigenvalue weighted by Gasteiger charge is -2.29. The average molecular weight is 472 g/mol. The molecule has 4 amide bonds. The van der Waals surface area contributed by atoms with Crippen LogP contribution in [0.5, 0.6) is 0 Å². The van der Waals surface area contributed by atoms with E-state index in [0.717, 1.165) is 21.7 Å². The van der Waals surface area contributed by atoms with Crippen LogP contribution in [-0.2, 0) is 25.7 Å². The van der Waals surface area contributed by atoms with Gasteiger partial charge >= 0.3 is 0 Å². The first-order valence-electron chi connectivity index (χ1n) is 10.9. The Bertz CT molecular complexity index is 1370. The summed E-state index contributed by atoms with van der Waals surface area (Å²) in [5, 5.41) is 6.21. The Morgan fingerprint density at radius 1 is 1.11 bits per heavy atom. The molecule has 5 rings (SSSR count). The summed E-state index contributed by atoms with van der Waals surface area (Å²) in [5.41, 5.74) is 2.55. The van der Waals surface area contributed by atoms with Gasteiger partial charge in [0.2, 0.25) is 23.5 Å². The summed E-state index contributed by atoms with van der Waals surface area (Å²) in [6, 6.07) is 12.2. The maximum absolute atomic E-state index is 12.9. The minimum atomic E-state index is -1.02. The van der Waals surface area contributed by atoms with Crippen molar-refractivity contribution in [1.82, 2.24) is 30.2 Å². The van der Waals surface area contributed by atoms with Crippen LogP contribution in [0.1, 0.15) is 18.7 Å². The van der Waals surface area contributed by atoms with Crippen molar-refractivity contribution in [2.45, 2.75) is 25.4 Å². The van der Waals surface area contributed by atoms with E-state index in [-0.39, 0.29) is 31.0 Å². The third-order valence-electron chi connectivity index (χ3n) is 5.79. The summed E-state index contributed by atoms with van der Waals surface area (Å²) < 4.78 is 5.37. The molecule has 0 radical (unpaired) electrons. The summed E-state index contributed by atoms with van der Waals surface area (Å²) in [4.78, 5) is 60.1. The van der Waals surface area contributed by atoms with E-state index >= 15 is 0 Å². The second-order valence-corrected chi connectivity index (χ2v) is 8.17. The molecule has 35 heavy (non-hydrogen) atoms. The summed E-state index contributed by atoms with van der Waals surface area (Å²) in [6.07, 6.45) is 3.04. The highest BCUT2D eigenvalue weighted by Gasteiger charge is 2.43. The molecule has 0 bridgehead atoms. The SMILES string of the molecule is CN(Cc1nc(-c2cccc(-c3ccccn3)c2)no1)C1=CC(=O)N(C2CCC(=O)NC2=O)C1=O. The second kappa shape index (κ2) is 8.93. The molecule has 1 fully saturated rings. The van der Waals surface area contributed by atoms with Gasteiger partial charge in [-0.2, -0.15) is 4.98 Å². The highest BCUT2D eigenvalue weighted by molar-refractivity contribution is 6.18. The number of aromatic nitrogens is 3. The lowest BCUT2D eigenvalue weighted by molar-refractivity contribution is -0.150. The van der Waals surface area contributed by atoms with E-state index in [9.17, 15) is 19.2 Å². The zero-order chi connectivity index (χ0) is 24.5. The first-order chi connectivity index (χ1) is 16.9.